The molecule has 590 valence electrons. The fourth-order valence-electron chi connectivity index (χ4n) is 19.5. The highest BCUT2D eigenvalue weighted by molar-refractivity contribution is 6.62. The van der Waals surface area contributed by atoms with Gasteiger partial charge in [0.05, 0.1) is 44.1 Å². The second-order valence-electron chi connectivity index (χ2n) is 33.1. The van der Waals surface area contributed by atoms with E-state index in [2.05, 4.69) is 355 Å². The van der Waals surface area contributed by atoms with Gasteiger partial charge in [0, 0.05) is 83.0 Å². The molecule has 14 heteroatoms. The van der Waals surface area contributed by atoms with E-state index in [1.807, 2.05) is 84.9 Å². The van der Waals surface area contributed by atoms with Crippen LogP contribution in [0.1, 0.15) is 72.2 Å². The predicted octanol–water partition coefficient (Wildman–Crippen LogP) is 25.8. The van der Waals surface area contributed by atoms with E-state index < -0.39 is 29.2 Å². The Labute approximate surface area is 722 Å². The number of para-hydroxylation sites is 8. The van der Waals surface area contributed by atoms with Crippen LogP contribution in [0.25, 0.3) is 134 Å². The van der Waals surface area contributed by atoms with Gasteiger partial charge in [-0.05, 0) is 192 Å². The Balaban J connectivity index is 0.000000114. The smallest absolute Gasteiger partial charge is 0.457 e. The molecule has 5 aliphatic rings. The van der Waals surface area contributed by atoms with E-state index in [1.54, 1.807) is 0 Å². The van der Waals surface area contributed by atoms with Crippen molar-refractivity contribution in [3.05, 3.63) is 438 Å². The summed E-state index contributed by atoms with van der Waals surface area (Å²) < 4.78 is 30.5. The zero-order valence-electron chi connectivity index (χ0n) is 68.1. The molecule has 0 bridgehead atoms. The molecule has 0 amide bonds. The van der Waals surface area contributed by atoms with Crippen molar-refractivity contribution < 1.29 is 18.8 Å². The lowest BCUT2D eigenvalue weighted by atomic mass is 9.65. The molecule has 0 unspecified atom stereocenters. The third kappa shape index (κ3) is 11.7. The maximum atomic E-state index is 6.58. The summed E-state index contributed by atoms with van der Waals surface area (Å²) in [6, 6.07) is 136. The van der Waals surface area contributed by atoms with Gasteiger partial charge in [-0.15, -0.1) is 0 Å². The lowest BCUT2D eigenvalue weighted by Crippen LogP contribution is -2.41. The average Bonchev–Trinajstić information content (AvgIpc) is 1.51. The zero-order chi connectivity index (χ0) is 83.0. The van der Waals surface area contributed by atoms with Crippen LogP contribution >= 0.6 is 11.6 Å². The summed E-state index contributed by atoms with van der Waals surface area (Å²) in [5, 5.41) is 5.13. The Bertz CT molecular complexity index is 7470. The van der Waals surface area contributed by atoms with Gasteiger partial charge in [0.2, 0.25) is 5.28 Å². The summed E-state index contributed by atoms with van der Waals surface area (Å²) in [5.74, 6) is 6.50. The highest BCUT2D eigenvalue weighted by Gasteiger charge is 2.55. The molecule has 25 rings (SSSR count). The highest BCUT2D eigenvalue weighted by Crippen LogP contribution is 2.64. The SMILES string of the molecule is CC1(C)OB(c2ccc3c(c2)C2(c4ccccc4Oc4ccccc42)c2ccccc2-3)OC1(C)C.Clc1nc(-c2ccccc2)nc(-c2ccc(-n3c4ccccc4c4ccccc43)cc2)n1.c1ccc(-c2nc(-c3ccc(-n4c5ccccc5c5ccccc54)cc3)nc(-c3ccc4c(c3)C3(c5ccccc5Oc5ccccc53)c3ccccc3-4)n2)cc1. The van der Waals surface area contributed by atoms with Crippen LogP contribution in [0, 0.1) is 0 Å². The van der Waals surface area contributed by atoms with E-state index in [9.17, 15) is 0 Å². The standard InChI is InChI=1S/C52H32N4O.C31H27BO3.C27H17ClN4/c1-2-14-33(15-3-1)49-53-50(34-26-29-36(30-27-34)56-45-22-10-5-17-39(45)40-18-6-11-23-46(40)56)55-51(54-49)35-28-31-38-37-16-4-7-19-41(37)52(44(38)32-35)42-20-8-12-24-47(42)57-48-25-13-9-21-43(48)52;1-29(2)30(3,4)35-32(34-29)20-17-18-22-21-11-5-6-12-23(21)31(26(22)19-20)24-13-7-9-15-27(24)33-28-16-10-8-14-25(28)31;28-27-30-25(18-8-2-1-3-9-18)29-26(31-27)19-14-16-20(17-15-19)32-23-12-6-4-10-21(23)22-11-5-7-13-24(22)32/h1-32H;5-19H,1-4H3;1-17H. The summed E-state index contributed by atoms with van der Waals surface area (Å²) >= 11 is 6.23. The van der Waals surface area contributed by atoms with E-state index in [-0.39, 0.29) is 5.28 Å². The molecule has 2 aliphatic carbocycles. The van der Waals surface area contributed by atoms with E-state index in [1.165, 1.54) is 88.1 Å². The lowest BCUT2D eigenvalue weighted by Gasteiger charge is -2.39. The third-order valence-corrected chi connectivity index (χ3v) is 25.9. The van der Waals surface area contributed by atoms with E-state index in [0.717, 1.165) is 89.9 Å². The first-order valence-electron chi connectivity index (χ1n) is 41.9. The fraction of sp³-hybridized carbons (Fsp3) is 0.0727. The number of fused-ring (bicyclic) bond motifs is 24. The molecule has 0 atom stereocenters. The maximum absolute atomic E-state index is 6.58. The topological polar surface area (TPSA) is 124 Å². The van der Waals surface area contributed by atoms with Crippen LogP contribution in [0.4, 0.5) is 0 Å². The number of benzene rings is 16. The van der Waals surface area contributed by atoms with E-state index in [0.29, 0.717) is 29.1 Å². The molecule has 1 saturated heterocycles. The molecule has 0 radical (unpaired) electrons. The van der Waals surface area contributed by atoms with Crippen LogP contribution in [-0.2, 0) is 20.1 Å². The zero-order valence-corrected chi connectivity index (χ0v) is 68.9. The minimum atomic E-state index is -0.589. The average molecular weight is 1620 g/mol. The summed E-state index contributed by atoms with van der Waals surface area (Å²) in [4.78, 5) is 28.8. The van der Waals surface area contributed by atoms with Gasteiger partial charge in [-0.1, -0.05) is 285 Å². The molecule has 0 N–H and O–H groups in total. The fourth-order valence-corrected chi connectivity index (χ4v) is 19.6. The Hall–Kier alpha value is -15.0. The number of nitrogens with zero attached hydrogens (tertiary/aromatic N) is 8. The van der Waals surface area contributed by atoms with Crippen LogP contribution in [-0.4, -0.2) is 57.4 Å². The Morgan fingerprint density at radius 2 is 0.532 bits per heavy atom. The quantitative estimate of drug-likeness (QED) is 0.136. The molecule has 3 aliphatic heterocycles. The normalized spacial score (nSPS) is 14.5. The van der Waals surface area contributed by atoms with Crippen LogP contribution < -0.4 is 14.9 Å². The summed E-state index contributed by atoms with van der Waals surface area (Å²) in [5.41, 5.74) is 25.0. The minimum absolute atomic E-state index is 0.181. The van der Waals surface area contributed by atoms with Crippen molar-refractivity contribution in [1.29, 1.82) is 0 Å². The van der Waals surface area contributed by atoms with Gasteiger partial charge in [0.25, 0.3) is 0 Å². The monoisotopic (exact) mass is 1620 g/mol. The van der Waals surface area contributed by atoms with Crippen molar-refractivity contribution in [3.63, 3.8) is 0 Å². The summed E-state index contributed by atoms with van der Waals surface area (Å²) in [6.45, 7) is 8.40. The number of hydrogen-bond donors (Lipinski definition) is 0. The number of hydrogen-bond acceptors (Lipinski definition) is 10. The van der Waals surface area contributed by atoms with Crippen molar-refractivity contribution in [2.24, 2.45) is 0 Å². The van der Waals surface area contributed by atoms with Crippen molar-refractivity contribution in [1.82, 2.24) is 39.0 Å². The predicted molar refractivity (Wildman–Crippen MR) is 497 cm³/mol. The molecule has 2 spiro atoms. The van der Waals surface area contributed by atoms with Crippen molar-refractivity contribution in [2.75, 3.05) is 0 Å². The van der Waals surface area contributed by atoms with Crippen LogP contribution in [0.2, 0.25) is 5.28 Å². The molecule has 20 aromatic rings. The molecule has 12 nitrogen and oxygen atoms in total. The van der Waals surface area contributed by atoms with Gasteiger partial charge in [-0.2, -0.15) is 9.97 Å². The molecule has 1 fully saturated rings. The minimum Gasteiger partial charge on any atom is -0.457 e. The third-order valence-electron chi connectivity index (χ3n) is 25.7. The molecular formula is C110H76BClN8O4. The Kier molecular flexibility index (Phi) is 17.4. The van der Waals surface area contributed by atoms with Gasteiger partial charge in [0.15, 0.2) is 29.1 Å². The molecule has 124 heavy (non-hydrogen) atoms. The number of rotatable bonds is 8. The second kappa shape index (κ2) is 29.1. The van der Waals surface area contributed by atoms with Crippen molar-refractivity contribution in [2.45, 2.75) is 49.7 Å². The van der Waals surface area contributed by atoms with Gasteiger partial charge in [-0.25, -0.2) is 19.9 Å². The maximum Gasteiger partial charge on any atom is 0.494 e. The first-order valence-corrected chi connectivity index (χ1v) is 42.3. The lowest BCUT2D eigenvalue weighted by molar-refractivity contribution is 0.00578. The molecular weight excluding hydrogens is 1540 g/mol. The summed E-state index contributed by atoms with van der Waals surface area (Å²) in [7, 11) is -0.420. The largest absolute Gasteiger partial charge is 0.494 e. The molecule has 7 heterocycles. The highest BCUT2D eigenvalue weighted by atomic mass is 35.5. The Morgan fingerprint density at radius 3 is 0.919 bits per heavy atom. The molecule has 4 aromatic heterocycles. The van der Waals surface area contributed by atoms with Crippen molar-refractivity contribution >= 4 is 67.8 Å². The summed E-state index contributed by atoms with van der Waals surface area (Å²) in [6.07, 6.45) is 0. The van der Waals surface area contributed by atoms with Crippen molar-refractivity contribution in [3.8, 4) is 114 Å². The second-order valence-corrected chi connectivity index (χ2v) is 33.4. The van der Waals surface area contributed by atoms with Gasteiger partial charge < -0.3 is 27.9 Å². The van der Waals surface area contributed by atoms with Crippen LogP contribution in [0.3, 0.4) is 0 Å². The van der Waals surface area contributed by atoms with Crippen LogP contribution in [0.15, 0.2) is 388 Å². The Morgan fingerprint density at radius 1 is 0.250 bits per heavy atom. The number of aromatic nitrogens is 8. The van der Waals surface area contributed by atoms with E-state index >= 15 is 0 Å². The van der Waals surface area contributed by atoms with Crippen LogP contribution in [0.5, 0.6) is 23.0 Å². The first kappa shape index (κ1) is 74.1. The van der Waals surface area contributed by atoms with E-state index in [4.69, 9.17) is 45.3 Å². The number of ether oxygens (including phenoxy) is 2. The number of halogens is 1. The van der Waals surface area contributed by atoms with Gasteiger partial charge in [-0.3, -0.25) is 0 Å². The molecule has 16 aromatic carbocycles. The van der Waals surface area contributed by atoms with Gasteiger partial charge >= 0.3 is 7.12 Å². The van der Waals surface area contributed by atoms with Gasteiger partial charge in [0.1, 0.15) is 23.0 Å². The molecule has 0 saturated carbocycles. The first-order chi connectivity index (χ1) is 60.9.